The molecule has 5 rings (SSSR count). The highest BCUT2D eigenvalue weighted by molar-refractivity contribution is 5.70. The highest BCUT2D eigenvalue weighted by Crippen LogP contribution is 2.55. The molecule has 0 amide bonds. The van der Waals surface area contributed by atoms with Crippen LogP contribution in [0.25, 0.3) is 0 Å². The normalized spacial score (nSPS) is 32.7. The van der Waals surface area contributed by atoms with Gasteiger partial charge in [-0.15, -0.1) is 0 Å². The first-order chi connectivity index (χ1) is 12.9. The second-order valence-corrected chi connectivity index (χ2v) is 8.39. The lowest BCUT2D eigenvalue weighted by Gasteiger charge is -2.39. The zero-order valence-electron chi connectivity index (χ0n) is 15.6. The lowest BCUT2D eigenvalue weighted by atomic mass is 10.1. The van der Waals surface area contributed by atoms with Gasteiger partial charge in [0.2, 0.25) is 5.95 Å². The maximum absolute atomic E-state index is 14.4. The van der Waals surface area contributed by atoms with Crippen molar-refractivity contribution in [3.05, 3.63) is 11.3 Å². The Morgan fingerprint density at radius 3 is 2.63 bits per heavy atom. The number of nitrogens with zero attached hydrogens (tertiary/aromatic N) is 4. The van der Waals surface area contributed by atoms with Gasteiger partial charge in [-0.05, 0) is 37.5 Å². The van der Waals surface area contributed by atoms with Crippen molar-refractivity contribution >= 4 is 17.7 Å². The van der Waals surface area contributed by atoms with E-state index < -0.39 is 5.92 Å². The van der Waals surface area contributed by atoms with E-state index in [1.807, 2.05) is 4.90 Å². The third-order valence-electron chi connectivity index (χ3n) is 6.89. The molecule has 0 bridgehead atoms. The smallest absolute Gasteiger partial charge is 0.305 e. The maximum atomic E-state index is 14.4. The number of methoxy groups -OCH3 is 1. The van der Waals surface area contributed by atoms with Crippen LogP contribution in [-0.2, 0) is 21.9 Å². The summed E-state index contributed by atoms with van der Waals surface area (Å²) in [5.74, 6) is -0.680. The molecule has 1 aromatic heterocycles. The van der Waals surface area contributed by atoms with Gasteiger partial charge >= 0.3 is 5.97 Å². The van der Waals surface area contributed by atoms with E-state index in [0.29, 0.717) is 54.0 Å². The second-order valence-electron chi connectivity index (χ2n) is 8.39. The Labute approximate surface area is 156 Å². The highest BCUT2D eigenvalue weighted by atomic mass is 19.3. The lowest BCUT2D eigenvalue weighted by molar-refractivity contribution is -0.141. The van der Waals surface area contributed by atoms with E-state index in [1.54, 1.807) is 0 Å². The number of anilines is 2. The molecule has 0 unspecified atom stereocenters. The number of ether oxygens (including phenoxy) is 1. The van der Waals surface area contributed by atoms with Crippen molar-refractivity contribution in [2.45, 2.75) is 44.6 Å². The SMILES string of the molecule is COC(=O)C[C@@H]1[C@H]2CN(c3nc(N4CC[C@@H]4C)nc4c3CCC4(F)F)C[C@@H]12. The van der Waals surface area contributed by atoms with E-state index >= 15 is 0 Å². The third kappa shape index (κ3) is 2.59. The zero-order valence-corrected chi connectivity index (χ0v) is 15.6. The van der Waals surface area contributed by atoms with Crippen LogP contribution in [0.1, 0.15) is 37.4 Å². The van der Waals surface area contributed by atoms with Crippen LogP contribution in [-0.4, -0.2) is 48.7 Å². The molecule has 6 nitrogen and oxygen atoms in total. The van der Waals surface area contributed by atoms with Crippen molar-refractivity contribution in [1.82, 2.24) is 9.97 Å². The summed E-state index contributed by atoms with van der Waals surface area (Å²) in [4.78, 5) is 24.7. The Kier molecular flexibility index (Phi) is 3.65. The molecule has 3 fully saturated rings. The molecule has 4 aliphatic rings. The highest BCUT2D eigenvalue weighted by Gasteiger charge is 2.57. The van der Waals surface area contributed by atoms with Gasteiger partial charge in [0.05, 0.1) is 7.11 Å². The number of carbonyl (C=O) groups is 1. The summed E-state index contributed by atoms with van der Waals surface area (Å²) in [6.07, 6.45) is 1.63. The lowest BCUT2D eigenvalue weighted by Crippen LogP contribution is -2.47. The Morgan fingerprint density at radius 1 is 1.30 bits per heavy atom. The van der Waals surface area contributed by atoms with Gasteiger partial charge in [0, 0.05) is 44.1 Å². The standard InChI is InChI=1S/C19H24F2N4O2/c1-10-4-6-25(10)18-22-16-11(3-5-19(16,20)21)17(23-18)24-8-13-12(14(13)9-24)7-15(26)27-2/h10,12-14H,3-9H2,1-2H3/t10-,12-,13-,14+/m0/s1. The van der Waals surface area contributed by atoms with Crippen molar-refractivity contribution in [1.29, 1.82) is 0 Å². The molecule has 1 aromatic rings. The topological polar surface area (TPSA) is 58.6 Å². The Bertz CT molecular complexity index is 790. The van der Waals surface area contributed by atoms with E-state index in [2.05, 4.69) is 16.8 Å². The van der Waals surface area contributed by atoms with Gasteiger partial charge in [-0.25, -0.2) is 4.98 Å². The number of fused-ring (bicyclic) bond motifs is 2. The summed E-state index contributed by atoms with van der Waals surface area (Å²) in [5, 5.41) is 0. The Morgan fingerprint density at radius 2 is 2.04 bits per heavy atom. The molecule has 0 radical (unpaired) electrons. The molecule has 1 saturated carbocycles. The molecule has 3 heterocycles. The van der Waals surface area contributed by atoms with Crippen LogP contribution in [0, 0.1) is 17.8 Å². The fourth-order valence-electron chi connectivity index (χ4n) is 5.00. The monoisotopic (exact) mass is 378 g/mol. The molecule has 0 N–H and O–H groups in total. The maximum Gasteiger partial charge on any atom is 0.305 e. The molecular weight excluding hydrogens is 354 g/mol. The van der Waals surface area contributed by atoms with Gasteiger partial charge in [-0.3, -0.25) is 4.79 Å². The molecule has 0 aromatic carbocycles. The van der Waals surface area contributed by atoms with Crippen molar-refractivity contribution < 1.29 is 18.3 Å². The van der Waals surface area contributed by atoms with Crippen molar-refractivity contribution in [3.8, 4) is 0 Å². The van der Waals surface area contributed by atoms with Gasteiger partial charge in [-0.1, -0.05) is 0 Å². The van der Waals surface area contributed by atoms with E-state index in [-0.39, 0.29) is 18.1 Å². The summed E-state index contributed by atoms with van der Waals surface area (Å²) < 4.78 is 33.6. The number of carbonyl (C=O) groups excluding carboxylic acids is 1. The summed E-state index contributed by atoms with van der Waals surface area (Å²) >= 11 is 0. The van der Waals surface area contributed by atoms with Crippen molar-refractivity contribution in [2.24, 2.45) is 17.8 Å². The fraction of sp³-hybridized carbons (Fsp3) is 0.737. The molecule has 0 spiro atoms. The third-order valence-corrected chi connectivity index (χ3v) is 6.89. The molecule has 2 aliphatic heterocycles. The van der Waals surface area contributed by atoms with Crippen molar-refractivity contribution in [3.63, 3.8) is 0 Å². The number of piperidine rings is 1. The number of alkyl halides is 2. The van der Waals surface area contributed by atoms with Gasteiger partial charge in [0.1, 0.15) is 11.5 Å². The number of hydrogen-bond acceptors (Lipinski definition) is 6. The quantitative estimate of drug-likeness (QED) is 0.750. The number of rotatable bonds is 4. The predicted molar refractivity (Wildman–Crippen MR) is 95.0 cm³/mol. The van der Waals surface area contributed by atoms with Gasteiger partial charge in [0.25, 0.3) is 5.92 Å². The first-order valence-electron chi connectivity index (χ1n) is 9.76. The van der Waals surface area contributed by atoms with Crippen LogP contribution >= 0.6 is 0 Å². The van der Waals surface area contributed by atoms with Crippen LogP contribution in [0.3, 0.4) is 0 Å². The number of aromatic nitrogens is 2. The van der Waals surface area contributed by atoms with E-state index in [4.69, 9.17) is 9.72 Å². The second kappa shape index (κ2) is 5.75. The first kappa shape index (κ1) is 17.1. The Balaban J connectivity index is 1.41. The summed E-state index contributed by atoms with van der Waals surface area (Å²) in [5.41, 5.74) is 0.538. The van der Waals surface area contributed by atoms with Crippen LogP contribution in [0.5, 0.6) is 0 Å². The van der Waals surface area contributed by atoms with Gasteiger partial charge < -0.3 is 14.5 Å². The number of halogens is 2. The average molecular weight is 378 g/mol. The molecule has 146 valence electrons. The number of hydrogen-bond donors (Lipinski definition) is 0. The minimum Gasteiger partial charge on any atom is -0.469 e. The average Bonchev–Trinajstić information content (AvgIpc) is 2.96. The van der Waals surface area contributed by atoms with Crippen LogP contribution in [0.4, 0.5) is 20.5 Å². The minimum absolute atomic E-state index is 0.0757. The van der Waals surface area contributed by atoms with Gasteiger partial charge in [-0.2, -0.15) is 13.8 Å². The molecule has 2 saturated heterocycles. The summed E-state index contributed by atoms with van der Waals surface area (Å²) in [6, 6.07) is 0.294. The number of esters is 1. The molecule has 8 heteroatoms. The molecule has 4 atom stereocenters. The molecular formula is C19H24F2N4O2. The van der Waals surface area contributed by atoms with Crippen molar-refractivity contribution in [2.75, 3.05) is 36.5 Å². The van der Waals surface area contributed by atoms with E-state index in [1.165, 1.54) is 7.11 Å². The fourth-order valence-corrected chi connectivity index (χ4v) is 5.00. The summed E-state index contributed by atoms with van der Waals surface area (Å²) in [7, 11) is 1.41. The van der Waals surface area contributed by atoms with E-state index in [9.17, 15) is 13.6 Å². The van der Waals surface area contributed by atoms with Gasteiger partial charge in [0.15, 0.2) is 0 Å². The largest absolute Gasteiger partial charge is 0.469 e. The summed E-state index contributed by atoms with van der Waals surface area (Å²) in [6.45, 7) is 4.43. The molecule has 27 heavy (non-hydrogen) atoms. The van der Waals surface area contributed by atoms with Crippen LogP contribution in [0.15, 0.2) is 0 Å². The Hall–Kier alpha value is -1.99. The molecule has 2 aliphatic carbocycles. The van der Waals surface area contributed by atoms with Crippen LogP contribution in [0.2, 0.25) is 0 Å². The van der Waals surface area contributed by atoms with Crippen LogP contribution < -0.4 is 9.80 Å². The zero-order chi connectivity index (χ0) is 18.9. The van der Waals surface area contributed by atoms with E-state index in [0.717, 1.165) is 26.1 Å². The minimum atomic E-state index is -2.87. The predicted octanol–water partition coefficient (Wildman–Crippen LogP) is 2.36. The first-order valence-corrected chi connectivity index (χ1v) is 9.76.